The lowest BCUT2D eigenvalue weighted by atomic mass is 10.1. The van der Waals surface area contributed by atoms with Crippen LogP contribution in [-0.2, 0) is 6.42 Å². The Kier molecular flexibility index (Phi) is 3.96. The molecule has 1 atom stereocenters. The number of hydrogen-bond acceptors (Lipinski definition) is 5. The second-order valence-electron chi connectivity index (χ2n) is 8.31. The number of aryl methyl sites for hydroxylation is 1. The molecule has 2 aliphatic carbocycles. The van der Waals surface area contributed by atoms with Crippen LogP contribution in [0.5, 0.6) is 0 Å². The predicted octanol–water partition coefficient (Wildman–Crippen LogP) is 4.55. The highest BCUT2D eigenvalue weighted by Gasteiger charge is 2.28. The first kappa shape index (κ1) is 17.3. The summed E-state index contributed by atoms with van der Waals surface area (Å²) in [7, 11) is 0. The van der Waals surface area contributed by atoms with E-state index < -0.39 is 0 Å². The fraction of sp³-hybridized carbons (Fsp3) is 0.455. The van der Waals surface area contributed by atoms with Gasteiger partial charge in [0.25, 0.3) is 0 Å². The van der Waals surface area contributed by atoms with Crippen LogP contribution in [0.25, 0.3) is 16.7 Å². The molecule has 0 radical (unpaired) electrons. The van der Waals surface area contributed by atoms with Gasteiger partial charge in [0.2, 0.25) is 5.95 Å². The van der Waals surface area contributed by atoms with Gasteiger partial charge in [0, 0.05) is 37.3 Å². The van der Waals surface area contributed by atoms with E-state index in [0.717, 1.165) is 57.8 Å². The highest BCUT2D eigenvalue weighted by Crippen LogP contribution is 2.35. The summed E-state index contributed by atoms with van der Waals surface area (Å²) in [5.41, 5.74) is 6.13. The van der Waals surface area contributed by atoms with Crippen LogP contribution in [0.4, 0.5) is 5.95 Å². The predicted molar refractivity (Wildman–Crippen MR) is 113 cm³/mol. The van der Waals surface area contributed by atoms with Gasteiger partial charge in [-0.2, -0.15) is 0 Å². The second kappa shape index (κ2) is 6.40. The smallest absolute Gasteiger partial charge is 0.223 e. The number of anilines is 1. The van der Waals surface area contributed by atoms with E-state index in [4.69, 9.17) is 9.97 Å². The van der Waals surface area contributed by atoms with Crippen LogP contribution in [0.15, 0.2) is 24.4 Å². The summed E-state index contributed by atoms with van der Waals surface area (Å²) < 4.78 is 2.19. The number of fused-ring (bicyclic) bond motifs is 2. The Balaban J connectivity index is 0.00000205. The maximum atomic E-state index is 4.96. The summed E-state index contributed by atoms with van der Waals surface area (Å²) in [6.45, 7) is 8.59. The van der Waals surface area contributed by atoms with Crippen LogP contribution < -0.4 is 5.32 Å². The molecule has 0 unspecified atom stereocenters. The Hall–Kier alpha value is -2.76. The molecule has 0 aromatic carbocycles. The van der Waals surface area contributed by atoms with Gasteiger partial charge in [-0.05, 0) is 58.6 Å². The molecule has 6 nitrogen and oxygen atoms in total. The number of nitrogens with zero attached hydrogens (tertiary/aromatic N) is 5. The van der Waals surface area contributed by atoms with Crippen molar-refractivity contribution in [2.24, 2.45) is 5.92 Å². The highest BCUT2D eigenvalue weighted by atomic mass is 15.1. The largest absolute Gasteiger partial charge is 0.351 e. The monoisotopic (exact) mass is 376 g/mol. The number of imidazole rings is 1. The van der Waals surface area contributed by atoms with Crippen molar-refractivity contribution in [3.05, 3.63) is 47.2 Å². The quantitative estimate of drug-likeness (QED) is 0.707. The molecule has 28 heavy (non-hydrogen) atoms. The van der Waals surface area contributed by atoms with Crippen LogP contribution in [0.1, 0.15) is 63.9 Å². The summed E-state index contributed by atoms with van der Waals surface area (Å²) in [4.78, 5) is 19.0. The maximum Gasteiger partial charge on any atom is 0.223 e. The summed E-state index contributed by atoms with van der Waals surface area (Å²) in [5.74, 6) is 2.51. The van der Waals surface area contributed by atoms with Crippen LogP contribution in [0.3, 0.4) is 0 Å². The zero-order valence-electron chi connectivity index (χ0n) is 16.9. The van der Waals surface area contributed by atoms with Gasteiger partial charge in [-0.1, -0.05) is 6.08 Å². The fourth-order valence-corrected chi connectivity index (χ4v) is 4.19. The van der Waals surface area contributed by atoms with Gasteiger partial charge >= 0.3 is 0 Å². The molecule has 6 heteroatoms. The van der Waals surface area contributed by atoms with Crippen molar-refractivity contribution < 1.29 is 1.43 Å². The van der Waals surface area contributed by atoms with E-state index in [1.54, 1.807) is 0 Å². The summed E-state index contributed by atoms with van der Waals surface area (Å²) in [6.07, 6.45) is 7.60. The third-order valence-electron chi connectivity index (χ3n) is 5.85. The molecule has 1 fully saturated rings. The lowest BCUT2D eigenvalue weighted by molar-refractivity contribution is 0.595. The Morgan fingerprint density at radius 3 is 2.71 bits per heavy atom. The van der Waals surface area contributed by atoms with Crippen molar-refractivity contribution in [2.45, 2.75) is 59.0 Å². The molecule has 0 bridgehead atoms. The third-order valence-corrected chi connectivity index (χ3v) is 5.85. The molecule has 1 N–H and O–H groups in total. The van der Waals surface area contributed by atoms with Crippen LogP contribution in [-0.4, -0.2) is 30.5 Å². The Bertz CT molecular complexity index is 1100. The van der Waals surface area contributed by atoms with E-state index >= 15 is 0 Å². The Morgan fingerprint density at radius 1 is 1.14 bits per heavy atom. The minimum absolute atomic E-state index is 0. The molecule has 3 aromatic heterocycles. The third kappa shape index (κ3) is 2.87. The van der Waals surface area contributed by atoms with Gasteiger partial charge in [-0.3, -0.25) is 0 Å². The zero-order chi connectivity index (χ0) is 19.4. The molecule has 3 heterocycles. The second-order valence-corrected chi connectivity index (χ2v) is 8.31. The van der Waals surface area contributed by atoms with Gasteiger partial charge in [0.15, 0.2) is 5.65 Å². The Labute approximate surface area is 166 Å². The SMILES string of the molecule is Cc1nc2ccc(C3=CCc4nc(N[C@H](C)C5CC5)ncc43)nc2n1C(C)C.[HH]. The molecule has 2 aliphatic rings. The van der Waals surface area contributed by atoms with Crippen molar-refractivity contribution in [1.82, 2.24) is 24.5 Å². The van der Waals surface area contributed by atoms with E-state index in [0.29, 0.717) is 12.1 Å². The molecule has 0 amide bonds. The van der Waals surface area contributed by atoms with Gasteiger partial charge in [0.1, 0.15) is 11.3 Å². The first-order chi connectivity index (χ1) is 13.5. The van der Waals surface area contributed by atoms with Crippen molar-refractivity contribution in [1.29, 1.82) is 0 Å². The maximum absolute atomic E-state index is 4.96. The average Bonchev–Trinajstić information content (AvgIpc) is 3.35. The van der Waals surface area contributed by atoms with Crippen molar-refractivity contribution in [3.8, 4) is 0 Å². The summed E-state index contributed by atoms with van der Waals surface area (Å²) in [6, 6.07) is 4.89. The van der Waals surface area contributed by atoms with Crippen LogP contribution in [0, 0.1) is 12.8 Å². The van der Waals surface area contributed by atoms with Crippen molar-refractivity contribution >= 4 is 22.7 Å². The fourth-order valence-electron chi connectivity index (χ4n) is 4.19. The molecule has 0 saturated heterocycles. The van der Waals surface area contributed by atoms with E-state index in [1.807, 2.05) is 13.1 Å². The molecule has 3 aromatic rings. The van der Waals surface area contributed by atoms with Gasteiger partial charge < -0.3 is 9.88 Å². The number of rotatable bonds is 5. The van der Waals surface area contributed by atoms with E-state index in [2.05, 4.69) is 58.8 Å². The Morgan fingerprint density at radius 2 is 1.96 bits per heavy atom. The minimum atomic E-state index is 0. The zero-order valence-corrected chi connectivity index (χ0v) is 16.9. The van der Waals surface area contributed by atoms with Gasteiger partial charge in [0.05, 0.1) is 11.4 Å². The van der Waals surface area contributed by atoms with Crippen molar-refractivity contribution in [3.63, 3.8) is 0 Å². The van der Waals surface area contributed by atoms with Crippen LogP contribution in [0.2, 0.25) is 0 Å². The molecule has 146 valence electrons. The van der Waals surface area contributed by atoms with E-state index in [9.17, 15) is 0 Å². The molecular formula is C22H28N6. The number of aromatic nitrogens is 5. The lowest BCUT2D eigenvalue weighted by Crippen LogP contribution is -2.19. The number of nitrogens with one attached hydrogen (secondary N) is 1. The number of pyridine rings is 1. The molecular weight excluding hydrogens is 348 g/mol. The first-order valence-corrected chi connectivity index (χ1v) is 10.2. The highest BCUT2D eigenvalue weighted by molar-refractivity contribution is 5.85. The minimum Gasteiger partial charge on any atom is -0.351 e. The van der Waals surface area contributed by atoms with E-state index in [1.165, 1.54) is 12.8 Å². The average molecular weight is 377 g/mol. The molecule has 0 aliphatic heterocycles. The lowest BCUT2D eigenvalue weighted by Gasteiger charge is -2.14. The topological polar surface area (TPSA) is 68.5 Å². The number of hydrogen-bond donors (Lipinski definition) is 1. The first-order valence-electron chi connectivity index (χ1n) is 10.2. The molecule has 0 spiro atoms. The van der Waals surface area contributed by atoms with Crippen molar-refractivity contribution in [2.75, 3.05) is 5.32 Å². The van der Waals surface area contributed by atoms with E-state index in [-0.39, 0.29) is 1.43 Å². The summed E-state index contributed by atoms with van der Waals surface area (Å²) in [5, 5.41) is 3.46. The number of allylic oxidation sites excluding steroid dienone is 1. The molecule has 5 rings (SSSR count). The molecule has 1 saturated carbocycles. The van der Waals surface area contributed by atoms with Crippen LogP contribution >= 0.6 is 0 Å². The summed E-state index contributed by atoms with van der Waals surface area (Å²) >= 11 is 0. The van der Waals surface area contributed by atoms with Gasteiger partial charge in [-0.15, -0.1) is 0 Å². The van der Waals surface area contributed by atoms with Gasteiger partial charge in [-0.25, -0.2) is 19.9 Å². The normalized spacial score (nSPS) is 17.1. The standard InChI is InChI=1S/C22H26N6.H2/c1-12(2)28-14(4)25-20-10-9-18(26-21(20)28)16-7-8-19-17(16)11-23-22(27-19)24-13(3)15-5-6-15;/h7,9-13,15H,5-6,8H2,1-4H3,(H,23,24,27);1H/t13-;/m1./s1.